The molecule has 0 bridgehead atoms. The van der Waals surface area contributed by atoms with Gasteiger partial charge in [0.25, 0.3) is 0 Å². The number of rotatable bonds is 8. The van der Waals surface area contributed by atoms with E-state index >= 15 is 0 Å². The van der Waals surface area contributed by atoms with Gasteiger partial charge in [-0.15, -0.1) is 0 Å². The number of hydrogen-bond donors (Lipinski definition) is 0. The van der Waals surface area contributed by atoms with Crippen LogP contribution >= 0.6 is 0 Å². The van der Waals surface area contributed by atoms with Gasteiger partial charge < -0.3 is 9.16 Å². The number of ether oxygens (including phenoxy) is 1. The molecule has 0 aliphatic heterocycles. The third-order valence-electron chi connectivity index (χ3n) is 3.92. The molecule has 0 aromatic rings. The summed E-state index contributed by atoms with van der Waals surface area (Å²) in [5.41, 5.74) is 0. The summed E-state index contributed by atoms with van der Waals surface area (Å²) in [6, 6.07) is 0. The second-order valence-electron chi connectivity index (χ2n) is 6.84. The molecule has 0 aliphatic carbocycles. The lowest BCUT2D eigenvalue weighted by atomic mass is 10.1. The SMILES string of the molecule is CCOC(=O)/C=C/[C@H](C)CCCO[Si](C)(C)C(C)(C)C. The minimum atomic E-state index is -1.62. The van der Waals surface area contributed by atoms with Crippen LogP contribution in [0.3, 0.4) is 0 Å². The molecule has 1 atom stereocenters. The van der Waals surface area contributed by atoms with Crippen LogP contribution in [-0.2, 0) is 14.0 Å². The maximum Gasteiger partial charge on any atom is 0.330 e. The number of carbonyl (C=O) groups excluding carboxylic acids is 1. The predicted octanol–water partition coefficient (Wildman–Crippen LogP) is 4.54. The van der Waals surface area contributed by atoms with Gasteiger partial charge in [0, 0.05) is 12.7 Å². The molecule has 0 N–H and O–H groups in total. The predicted molar refractivity (Wildman–Crippen MR) is 87.3 cm³/mol. The van der Waals surface area contributed by atoms with E-state index in [-0.39, 0.29) is 11.0 Å². The molecule has 0 aliphatic rings. The van der Waals surface area contributed by atoms with Crippen LogP contribution in [0, 0.1) is 5.92 Å². The fraction of sp³-hybridized carbons (Fsp3) is 0.812. The fourth-order valence-electron chi connectivity index (χ4n) is 1.48. The highest BCUT2D eigenvalue weighted by molar-refractivity contribution is 6.74. The zero-order chi connectivity index (χ0) is 15.8. The standard InChI is InChI=1S/C16H32O3Si/c1-8-18-15(17)12-11-14(2)10-9-13-19-20(6,7)16(3,4)5/h11-12,14H,8-10,13H2,1-7H3/b12-11+/t14-/m1/s1. The molecule has 0 aromatic heterocycles. The molecule has 20 heavy (non-hydrogen) atoms. The Balaban J connectivity index is 3.93. The highest BCUT2D eigenvalue weighted by Gasteiger charge is 2.36. The summed E-state index contributed by atoms with van der Waals surface area (Å²) in [7, 11) is -1.62. The maximum atomic E-state index is 11.2. The van der Waals surface area contributed by atoms with Gasteiger partial charge in [-0.2, -0.15) is 0 Å². The van der Waals surface area contributed by atoms with Crippen LogP contribution in [-0.4, -0.2) is 27.5 Å². The van der Waals surface area contributed by atoms with Gasteiger partial charge in [-0.05, 0) is 43.8 Å². The molecule has 4 heteroatoms. The Hall–Kier alpha value is -0.613. The van der Waals surface area contributed by atoms with Gasteiger partial charge in [0.05, 0.1) is 6.61 Å². The van der Waals surface area contributed by atoms with Crippen LogP contribution in [0.1, 0.15) is 47.5 Å². The molecule has 0 aromatic carbocycles. The molecule has 0 amide bonds. The van der Waals surface area contributed by atoms with Crippen molar-refractivity contribution in [1.82, 2.24) is 0 Å². The molecular weight excluding hydrogens is 268 g/mol. The second kappa shape index (κ2) is 8.62. The Morgan fingerprint density at radius 1 is 1.30 bits per heavy atom. The van der Waals surface area contributed by atoms with Crippen LogP contribution in [0.25, 0.3) is 0 Å². The van der Waals surface area contributed by atoms with Gasteiger partial charge in [0.1, 0.15) is 0 Å². The first-order chi connectivity index (χ1) is 9.10. The Kier molecular flexibility index (Phi) is 8.36. The molecule has 118 valence electrons. The van der Waals surface area contributed by atoms with Crippen molar-refractivity contribution in [3.05, 3.63) is 12.2 Å². The van der Waals surface area contributed by atoms with Crippen LogP contribution in [0.15, 0.2) is 12.2 Å². The Labute approximate surface area is 125 Å². The molecule has 0 heterocycles. The smallest absolute Gasteiger partial charge is 0.330 e. The lowest BCUT2D eigenvalue weighted by Gasteiger charge is -2.36. The molecule has 0 rings (SSSR count). The quantitative estimate of drug-likeness (QED) is 0.286. The molecule has 3 nitrogen and oxygen atoms in total. The molecule has 0 fully saturated rings. The van der Waals surface area contributed by atoms with E-state index in [9.17, 15) is 4.79 Å². The van der Waals surface area contributed by atoms with E-state index in [0.717, 1.165) is 19.4 Å². The lowest BCUT2D eigenvalue weighted by Crippen LogP contribution is -2.41. The van der Waals surface area contributed by atoms with E-state index < -0.39 is 8.32 Å². The van der Waals surface area contributed by atoms with Crippen molar-refractivity contribution in [2.45, 2.75) is 65.6 Å². The van der Waals surface area contributed by atoms with Crippen molar-refractivity contribution in [2.75, 3.05) is 13.2 Å². The van der Waals surface area contributed by atoms with Crippen molar-refractivity contribution in [3.8, 4) is 0 Å². The fourth-order valence-corrected chi connectivity index (χ4v) is 2.57. The number of hydrogen-bond acceptors (Lipinski definition) is 3. The average molecular weight is 301 g/mol. The summed E-state index contributed by atoms with van der Waals surface area (Å²) < 4.78 is 11.0. The molecular formula is C16H32O3Si. The van der Waals surface area contributed by atoms with E-state index in [0.29, 0.717) is 12.5 Å². The zero-order valence-corrected chi connectivity index (χ0v) is 15.3. The topological polar surface area (TPSA) is 35.5 Å². The Morgan fingerprint density at radius 3 is 2.40 bits per heavy atom. The molecule has 0 spiro atoms. The summed E-state index contributed by atoms with van der Waals surface area (Å²) in [4.78, 5) is 11.2. The number of esters is 1. The summed E-state index contributed by atoms with van der Waals surface area (Å²) in [5, 5.41) is 0.266. The van der Waals surface area contributed by atoms with E-state index in [1.807, 2.05) is 13.0 Å². The summed E-state index contributed by atoms with van der Waals surface area (Å²) in [5.74, 6) is 0.124. The van der Waals surface area contributed by atoms with Gasteiger partial charge in [-0.1, -0.05) is 33.8 Å². The van der Waals surface area contributed by atoms with Crippen molar-refractivity contribution < 1.29 is 14.0 Å². The minimum absolute atomic E-state index is 0.253. The van der Waals surface area contributed by atoms with Crippen LogP contribution < -0.4 is 0 Å². The van der Waals surface area contributed by atoms with Gasteiger partial charge >= 0.3 is 5.97 Å². The zero-order valence-electron chi connectivity index (χ0n) is 14.3. The first kappa shape index (κ1) is 19.4. The third-order valence-corrected chi connectivity index (χ3v) is 8.46. The monoisotopic (exact) mass is 300 g/mol. The molecule has 0 unspecified atom stereocenters. The van der Waals surface area contributed by atoms with Crippen LogP contribution in [0.4, 0.5) is 0 Å². The van der Waals surface area contributed by atoms with E-state index in [1.54, 1.807) is 0 Å². The van der Waals surface area contributed by atoms with Crippen LogP contribution in [0.5, 0.6) is 0 Å². The van der Waals surface area contributed by atoms with Gasteiger partial charge in [0.2, 0.25) is 0 Å². The summed E-state index contributed by atoms with van der Waals surface area (Å²) in [6.07, 6.45) is 5.51. The van der Waals surface area contributed by atoms with Crippen molar-refractivity contribution >= 4 is 14.3 Å². The maximum absolute atomic E-state index is 11.2. The van der Waals surface area contributed by atoms with Gasteiger partial charge in [0.15, 0.2) is 8.32 Å². The Bertz CT molecular complexity index is 316. The van der Waals surface area contributed by atoms with Gasteiger partial charge in [-0.25, -0.2) is 4.79 Å². The largest absolute Gasteiger partial charge is 0.463 e. The van der Waals surface area contributed by atoms with E-state index in [1.165, 1.54) is 6.08 Å². The summed E-state index contributed by atoms with van der Waals surface area (Å²) >= 11 is 0. The van der Waals surface area contributed by atoms with Crippen molar-refractivity contribution in [1.29, 1.82) is 0 Å². The lowest BCUT2D eigenvalue weighted by molar-refractivity contribution is -0.137. The van der Waals surface area contributed by atoms with Crippen LogP contribution in [0.2, 0.25) is 18.1 Å². The highest BCUT2D eigenvalue weighted by Crippen LogP contribution is 2.36. The van der Waals surface area contributed by atoms with Crippen molar-refractivity contribution in [3.63, 3.8) is 0 Å². The summed E-state index contributed by atoms with van der Waals surface area (Å²) in [6.45, 7) is 16.5. The van der Waals surface area contributed by atoms with Crippen molar-refractivity contribution in [2.24, 2.45) is 5.92 Å². The molecule has 0 saturated heterocycles. The van der Waals surface area contributed by atoms with E-state index in [2.05, 4.69) is 40.8 Å². The number of carbonyl (C=O) groups is 1. The highest BCUT2D eigenvalue weighted by atomic mass is 28.4. The van der Waals surface area contributed by atoms with Gasteiger partial charge in [-0.3, -0.25) is 0 Å². The normalized spacial score (nSPS) is 14.6. The minimum Gasteiger partial charge on any atom is -0.463 e. The average Bonchev–Trinajstić information content (AvgIpc) is 2.31. The third kappa shape index (κ3) is 7.85. The molecule has 0 saturated carbocycles. The second-order valence-corrected chi connectivity index (χ2v) is 11.6. The number of allylic oxidation sites excluding steroid dienone is 1. The first-order valence-corrected chi connectivity index (χ1v) is 10.5. The Morgan fingerprint density at radius 2 is 1.90 bits per heavy atom. The first-order valence-electron chi connectivity index (χ1n) is 7.59. The molecule has 0 radical (unpaired) electrons. The van der Waals surface area contributed by atoms with E-state index in [4.69, 9.17) is 9.16 Å².